The maximum Gasteiger partial charge on any atom is 0.306 e. The van der Waals surface area contributed by atoms with E-state index in [1.807, 2.05) is 6.92 Å². The van der Waals surface area contributed by atoms with Crippen LogP contribution in [0.5, 0.6) is 0 Å². The first-order valence-corrected chi connectivity index (χ1v) is 4.45. The standard InChI is InChI=1S/C9H18O2.Nd/c1-3-5-6-7-8(4-2)9(10)11;/h8H,3-7H2,1-2H3,(H,10,11);. The second-order valence-electron chi connectivity index (χ2n) is 2.94. The third kappa shape index (κ3) is 7.47. The van der Waals surface area contributed by atoms with Gasteiger partial charge >= 0.3 is 5.97 Å². The molecular weight excluding hydrogens is 284 g/mol. The van der Waals surface area contributed by atoms with E-state index in [0.717, 1.165) is 32.1 Å². The van der Waals surface area contributed by atoms with E-state index in [4.69, 9.17) is 5.11 Å². The Kier molecular flexibility index (Phi) is 12.6. The minimum Gasteiger partial charge on any atom is -0.481 e. The van der Waals surface area contributed by atoms with Gasteiger partial charge in [0.05, 0.1) is 5.92 Å². The molecule has 0 heterocycles. The summed E-state index contributed by atoms with van der Waals surface area (Å²) in [6.45, 7) is 4.06. The molecule has 0 radical (unpaired) electrons. The molecule has 2 nitrogen and oxygen atoms in total. The summed E-state index contributed by atoms with van der Waals surface area (Å²) >= 11 is 0. The zero-order valence-corrected chi connectivity index (χ0v) is 11.2. The second-order valence-corrected chi connectivity index (χ2v) is 2.94. The van der Waals surface area contributed by atoms with E-state index >= 15 is 0 Å². The van der Waals surface area contributed by atoms with E-state index in [0.29, 0.717) is 0 Å². The van der Waals surface area contributed by atoms with Gasteiger partial charge in [0.15, 0.2) is 0 Å². The predicted octanol–water partition coefficient (Wildman–Crippen LogP) is 2.68. The average Bonchev–Trinajstić information content (AvgIpc) is 1.97. The zero-order chi connectivity index (χ0) is 8.69. The average molecular weight is 302 g/mol. The van der Waals surface area contributed by atoms with Crippen LogP contribution < -0.4 is 0 Å². The third-order valence-electron chi connectivity index (χ3n) is 2.00. The van der Waals surface area contributed by atoms with E-state index in [-0.39, 0.29) is 46.8 Å². The second kappa shape index (κ2) is 9.91. The summed E-state index contributed by atoms with van der Waals surface area (Å²) in [5.74, 6) is -0.745. The number of carboxylic acid groups (broad SMARTS) is 1. The Labute approximate surface area is 108 Å². The van der Waals surface area contributed by atoms with E-state index in [1.165, 1.54) is 0 Å². The largest absolute Gasteiger partial charge is 0.481 e. The SMILES string of the molecule is CCCCCC(CC)C(=O)O.[Nd]. The summed E-state index contributed by atoms with van der Waals surface area (Å²) in [6, 6.07) is 0. The molecule has 3 heteroatoms. The van der Waals surface area contributed by atoms with Crippen LogP contribution in [0.15, 0.2) is 0 Å². The van der Waals surface area contributed by atoms with E-state index in [1.54, 1.807) is 0 Å². The summed E-state index contributed by atoms with van der Waals surface area (Å²) in [7, 11) is 0. The molecule has 70 valence electrons. The fourth-order valence-corrected chi connectivity index (χ4v) is 1.14. The third-order valence-corrected chi connectivity index (χ3v) is 2.00. The Bertz CT molecular complexity index is 115. The van der Waals surface area contributed by atoms with Crippen molar-refractivity contribution in [2.45, 2.75) is 46.0 Å². The van der Waals surface area contributed by atoms with Gasteiger partial charge in [-0.15, -0.1) is 0 Å². The maximum absolute atomic E-state index is 10.5. The van der Waals surface area contributed by atoms with Gasteiger partial charge < -0.3 is 5.11 Å². The van der Waals surface area contributed by atoms with Gasteiger partial charge in [-0.05, 0) is 12.8 Å². The first kappa shape index (κ1) is 15.3. The number of unbranched alkanes of at least 4 members (excludes halogenated alkanes) is 2. The zero-order valence-electron chi connectivity index (χ0n) is 7.97. The molecule has 0 aliphatic heterocycles. The molecular formula is C9H18NdO2. The van der Waals surface area contributed by atoms with Gasteiger partial charge in [-0.2, -0.15) is 0 Å². The molecule has 1 N–H and O–H groups in total. The fraction of sp³-hybridized carbons (Fsp3) is 0.889. The van der Waals surface area contributed by atoms with Crippen LogP contribution in [0.3, 0.4) is 0 Å². The molecule has 0 saturated heterocycles. The topological polar surface area (TPSA) is 37.3 Å². The van der Waals surface area contributed by atoms with Gasteiger partial charge in [0, 0.05) is 40.8 Å². The molecule has 0 rings (SSSR count). The number of hydrogen-bond donors (Lipinski definition) is 1. The van der Waals surface area contributed by atoms with E-state index in [2.05, 4.69) is 6.92 Å². The van der Waals surface area contributed by atoms with Gasteiger partial charge in [0.25, 0.3) is 0 Å². The van der Waals surface area contributed by atoms with Crippen molar-refractivity contribution in [3.63, 3.8) is 0 Å². The minimum atomic E-state index is -0.636. The van der Waals surface area contributed by atoms with Crippen LogP contribution in [0.25, 0.3) is 0 Å². The first-order valence-electron chi connectivity index (χ1n) is 4.45. The van der Waals surface area contributed by atoms with Crippen molar-refractivity contribution in [2.24, 2.45) is 5.92 Å². The first-order chi connectivity index (χ1) is 5.22. The van der Waals surface area contributed by atoms with E-state index < -0.39 is 5.97 Å². The Morgan fingerprint density at radius 3 is 2.25 bits per heavy atom. The molecule has 0 aliphatic carbocycles. The van der Waals surface area contributed by atoms with Gasteiger partial charge in [-0.3, -0.25) is 4.79 Å². The molecule has 1 unspecified atom stereocenters. The maximum atomic E-state index is 10.5. The molecule has 0 amide bonds. The van der Waals surface area contributed by atoms with Gasteiger partial charge in [-0.25, -0.2) is 0 Å². The molecule has 12 heavy (non-hydrogen) atoms. The summed E-state index contributed by atoms with van der Waals surface area (Å²) in [5.41, 5.74) is 0. The van der Waals surface area contributed by atoms with E-state index in [9.17, 15) is 4.79 Å². The summed E-state index contributed by atoms with van der Waals surface area (Å²) in [6.07, 6.45) is 4.99. The van der Waals surface area contributed by atoms with Crippen LogP contribution in [0.4, 0.5) is 0 Å². The predicted molar refractivity (Wildman–Crippen MR) is 45.6 cm³/mol. The van der Waals surface area contributed by atoms with Crippen LogP contribution in [0.2, 0.25) is 0 Å². The van der Waals surface area contributed by atoms with Crippen LogP contribution in [-0.2, 0) is 4.79 Å². The van der Waals surface area contributed by atoms with Crippen molar-refractivity contribution >= 4 is 5.97 Å². The number of hydrogen-bond acceptors (Lipinski definition) is 1. The van der Waals surface area contributed by atoms with Crippen molar-refractivity contribution in [2.75, 3.05) is 0 Å². The molecule has 0 aromatic carbocycles. The van der Waals surface area contributed by atoms with Crippen molar-refractivity contribution in [3.05, 3.63) is 0 Å². The van der Waals surface area contributed by atoms with Crippen LogP contribution in [0, 0.1) is 46.8 Å². The van der Waals surface area contributed by atoms with Crippen LogP contribution >= 0.6 is 0 Å². The van der Waals surface area contributed by atoms with Crippen molar-refractivity contribution in [3.8, 4) is 0 Å². The Balaban J connectivity index is 0. The summed E-state index contributed by atoms with van der Waals surface area (Å²) in [5, 5.41) is 8.67. The molecule has 0 spiro atoms. The summed E-state index contributed by atoms with van der Waals surface area (Å²) in [4.78, 5) is 10.5. The van der Waals surface area contributed by atoms with Gasteiger partial charge in [0.1, 0.15) is 0 Å². The van der Waals surface area contributed by atoms with Crippen LogP contribution in [-0.4, -0.2) is 11.1 Å². The Hall–Kier alpha value is 0.821. The van der Waals surface area contributed by atoms with Crippen molar-refractivity contribution in [1.82, 2.24) is 0 Å². The van der Waals surface area contributed by atoms with Crippen molar-refractivity contribution < 1.29 is 50.7 Å². The number of aliphatic carboxylic acids is 1. The van der Waals surface area contributed by atoms with Crippen LogP contribution in [0.1, 0.15) is 46.0 Å². The summed E-state index contributed by atoms with van der Waals surface area (Å²) < 4.78 is 0. The normalized spacial score (nSPS) is 11.8. The molecule has 0 aromatic heterocycles. The fourth-order valence-electron chi connectivity index (χ4n) is 1.14. The Morgan fingerprint density at radius 2 is 1.92 bits per heavy atom. The number of carboxylic acids is 1. The molecule has 0 saturated carbocycles. The molecule has 1 atom stereocenters. The smallest absolute Gasteiger partial charge is 0.306 e. The van der Waals surface area contributed by atoms with Gasteiger partial charge in [-0.1, -0.05) is 33.1 Å². The molecule has 0 fully saturated rings. The molecule has 0 aliphatic rings. The van der Waals surface area contributed by atoms with Gasteiger partial charge in [0.2, 0.25) is 0 Å². The molecule has 0 aromatic rings. The quantitative estimate of drug-likeness (QED) is 0.766. The Morgan fingerprint density at radius 1 is 1.33 bits per heavy atom. The number of carbonyl (C=O) groups is 1. The molecule has 0 bridgehead atoms. The minimum absolute atomic E-state index is 0. The van der Waals surface area contributed by atoms with Crippen molar-refractivity contribution in [1.29, 1.82) is 0 Å². The monoisotopic (exact) mass is 300 g/mol. The number of rotatable bonds is 6.